The Kier molecular flexibility index (Phi) is 6.17. The van der Waals surface area contributed by atoms with E-state index in [9.17, 15) is 18.5 Å². The summed E-state index contributed by atoms with van der Waals surface area (Å²) in [5.74, 6) is -0.337. The molecule has 1 aromatic rings. The number of amides is 1. The summed E-state index contributed by atoms with van der Waals surface area (Å²) in [4.78, 5) is 13.9. The predicted molar refractivity (Wildman–Crippen MR) is 93.2 cm³/mol. The third-order valence-corrected chi connectivity index (χ3v) is 5.20. The molecular formula is C17H21N3O4S. The number of carbonyl (C=O) groups is 1. The zero-order valence-electron chi connectivity index (χ0n) is 14.0. The maximum atomic E-state index is 12.5. The Morgan fingerprint density at radius 2 is 1.88 bits per heavy atom. The van der Waals surface area contributed by atoms with E-state index in [-0.39, 0.29) is 22.4 Å². The third-order valence-electron chi connectivity index (χ3n) is 4.33. The van der Waals surface area contributed by atoms with Gasteiger partial charge >= 0.3 is 0 Å². The summed E-state index contributed by atoms with van der Waals surface area (Å²) >= 11 is 0. The molecule has 0 unspecified atom stereocenters. The van der Waals surface area contributed by atoms with Gasteiger partial charge in [-0.1, -0.05) is 19.3 Å². The first-order chi connectivity index (χ1) is 11.8. The monoisotopic (exact) mass is 363 g/mol. The summed E-state index contributed by atoms with van der Waals surface area (Å²) in [6.45, 7) is 0. The molecule has 134 valence electrons. The number of hydrogen-bond acceptors (Lipinski definition) is 5. The Hall–Kier alpha value is -2.37. The maximum Gasteiger partial charge on any atom is 0.294 e. The third kappa shape index (κ3) is 5.05. The van der Waals surface area contributed by atoms with E-state index in [1.165, 1.54) is 36.9 Å². The molecule has 0 atom stereocenters. The number of anilines is 1. The van der Waals surface area contributed by atoms with Crippen molar-refractivity contribution in [2.24, 2.45) is 0 Å². The molecule has 0 radical (unpaired) electrons. The fraction of sp³-hybridized carbons (Fsp3) is 0.412. The van der Waals surface area contributed by atoms with E-state index >= 15 is 0 Å². The highest BCUT2D eigenvalue weighted by Crippen LogP contribution is 2.22. The van der Waals surface area contributed by atoms with Crippen molar-refractivity contribution >= 4 is 21.7 Å². The van der Waals surface area contributed by atoms with E-state index in [2.05, 4.69) is 5.32 Å². The van der Waals surface area contributed by atoms with Gasteiger partial charge in [0.05, 0.1) is 4.90 Å². The number of nitrogens with one attached hydrogen (secondary N) is 1. The minimum Gasteiger partial charge on any atom is -0.360 e. The lowest BCUT2D eigenvalue weighted by Gasteiger charge is -2.31. The molecule has 2 rings (SSSR count). The molecule has 8 heteroatoms. The van der Waals surface area contributed by atoms with Crippen LogP contribution in [0.15, 0.2) is 40.9 Å². The molecule has 0 aliphatic heterocycles. The molecule has 0 spiro atoms. The molecule has 0 aromatic heterocycles. The predicted octanol–water partition coefficient (Wildman–Crippen LogP) is 2.54. The fourth-order valence-corrected chi connectivity index (χ4v) is 3.32. The minimum atomic E-state index is -4.25. The van der Waals surface area contributed by atoms with Crippen molar-refractivity contribution in [3.8, 4) is 6.07 Å². The van der Waals surface area contributed by atoms with E-state index in [1.807, 2.05) is 6.07 Å². The van der Waals surface area contributed by atoms with Crippen LogP contribution in [0.2, 0.25) is 0 Å². The number of rotatable bonds is 5. The number of nitrogens with zero attached hydrogens (tertiary/aromatic N) is 2. The Labute approximate surface area is 147 Å². The second kappa shape index (κ2) is 8.14. The van der Waals surface area contributed by atoms with Crippen molar-refractivity contribution < 1.29 is 17.8 Å². The van der Waals surface area contributed by atoms with Crippen LogP contribution in [0.1, 0.15) is 32.1 Å². The Morgan fingerprint density at radius 3 is 2.40 bits per heavy atom. The average molecular weight is 363 g/mol. The summed E-state index contributed by atoms with van der Waals surface area (Å²) in [7, 11) is -2.54. The molecule has 0 bridgehead atoms. The standard InChI is InChI=1S/C17H21N3O4S/c1-20(15-5-3-2-4-6-15)17(21)13(11-18)12-19-14-7-9-16(10-8-14)25(22,23)24/h7-10,12,15,19H,2-6H2,1H3,(H,22,23,24)/b13-12-. The van der Waals surface area contributed by atoms with Crippen molar-refractivity contribution in [1.29, 1.82) is 5.26 Å². The van der Waals surface area contributed by atoms with E-state index in [4.69, 9.17) is 4.55 Å². The van der Waals surface area contributed by atoms with E-state index in [0.29, 0.717) is 5.69 Å². The maximum absolute atomic E-state index is 12.5. The van der Waals surface area contributed by atoms with Crippen molar-refractivity contribution in [2.75, 3.05) is 12.4 Å². The largest absolute Gasteiger partial charge is 0.360 e. The second-order valence-corrected chi connectivity index (χ2v) is 7.44. The SMILES string of the molecule is CN(C(=O)/C(C#N)=C\Nc1ccc(S(=O)(=O)O)cc1)C1CCCCC1. The van der Waals surface area contributed by atoms with Gasteiger partial charge in [-0.3, -0.25) is 9.35 Å². The second-order valence-electron chi connectivity index (χ2n) is 6.02. The number of likely N-dealkylation sites (N-methyl/N-ethyl adjacent to an activating group) is 1. The van der Waals surface area contributed by atoms with Crippen LogP contribution in [0.4, 0.5) is 5.69 Å². The minimum absolute atomic E-state index is 0.0214. The first-order valence-corrected chi connectivity index (χ1v) is 9.48. The molecule has 25 heavy (non-hydrogen) atoms. The lowest BCUT2D eigenvalue weighted by molar-refractivity contribution is -0.128. The number of hydrogen-bond donors (Lipinski definition) is 2. The van der Waals surface area contributed by atoms with Crippen molar-refractivity contribution in [3.05, 3.63) is 36.0 Å². The molecule has 1 saturated carbocycles. The van der Waals surface area contributed by atoms with E-state index in [1.54, 1.807) is 11.9 Å². The van der Waals surface area contributed by atoms with Gasteiger partial charge in [0.15, 0.2) is 0 Å². The van der Waals surface area contributed by atoms with Crippen LogP contribution in [0.5, 0.6) is 0 Å². The summed E-state index contributed by atoms with van der Waals surface area (Å²) in [6.07, 6.45) is 6.57. The number of benzene rings is 1. The van der Waals surface area contributed by atoms with Gasteiger partial charge in [0, 0.05) is 25.0 Å². The molecule has 1 aromatic carbocycles. The normalized spacial score (nSPS) is 16.1. The molecule has 2 N–H and O–H groups in total. The van der Waals surface area contributed by atoms with Gasteiger partial charge in [-0.25, -0.2) is 0 Å². The summed E-state index contributed by atoms with van der Waals surface area (Å²) in [5, 5.41) is 12.1. The Bertz CT molecular complexity index is 788. The van der Waals surface area contributed by atoms with Crippen LogP contribution in [-0.2, 0) is 14.9 Å². The van der Waals surface area contributed by atoms with Gasteiger partial charge in [0.2, 0.25) is 0 Å². The average Bonchev–Trinajstić information content (AvgIpc) is 2.61. The highest BCUT2D eigenvalue weighted by atomic mass is 32.2. The van der Waals surface area contributed by atoms with Crippen molar-refractivity contribution in [2.45, 2.75) is 43.0 Å². The molecule has 7 nitrogen and oxygen atoms in total. The van der Waals surface area contributed by atoms with Gasteiger partial charge in [0.25, 0.3) is 16.0 Å². The van der Waals surface area contributed by atoms with Gasteiger partial charge in [-0.2, -0.15) is 13.7 Å². The lowest BCUT2D eigenvalue weighted by Crippen LogP contribution is -2.39. The van der Waals surface area contributed by atoms with Crippen LogP contribution in [-0.4, -0.2) is 36.9 Å². The quantitative estimate of drug-likeness (QED) is 0.472. The molecule has 1 aliphatic carbocycles. The van der Waals surface area contributed by atoms with Crippen LogP contribution in [0, 0.1) is 11.3 Å². The first-order valence-electron chi connectivity index (χ1n) is 8.04. The fourth-order valence-electron chi connectivity index (χ4n) is 2.84. The van der Waals surface area contributed by atoms with Crippen molar-refractivity contribution in [3.63, 3.8) is 0 Å². The van der Waals surface area contributed by atoms with Gasteiger partial charge in [0.1, 0.15) is 11.6 Å². The summed E-state index contributed by atoms with van der Waals surface area (Å²) < 4.78 is 30.9. The molecule has 1 aliphatic rings. The Balaban J connectivity index is 2.06. The molecule has 0 saturated heterocycles. The van der Waals surface area contributed by atoms with Crippen LogP contribution in [0.3, 0.4) is 0 Å². The first kappa shape index (κ1) is 19.0. The highest BCUT2D eigenvalue weighted by molar-refractivity contribution is 7.85. The van der Waals surface area contributed by atoms with Crippen LogP contribution < -0.4 is 5.32 Å². The smallest absolute Gasteiger partial charge is 0.294 e. The number of nitriles is 1. The van der Waals surface area contributed by atoms with E-state index < -0.39 is 10.1 Å². The molecule has 0 heterocycles. The molecule has 1 amide bonds. The highest BCUT2D eigenvalue weighted by Gasteiger charge is 2.24. The van der Waals surface area contributed by atoms with Gasteiger partial charge < -0.3 is 10.2 Å². The van der Waals surface area contributed by atoms with Gasteiger partial charge in [-0.15, -0.1) is 0 Å². The molecular weight excluding hydrogens is 342 g/mol. The number of carbonyl (C=O) groups excluding carboxylic acids is 1. The Morgan fingerprint density at radius 1 is 1.28 bits per heavy atom. The van der Waals surface area contributed by atoms with Gasteiger partial charge in [-0.05, 0) is 37.1 Å². The summed E-state index contributed by atoms with van der Waals surface area (Å²) in [5.41, 5.74) is 0.472. The van der Waals surface area contributed by atoms with Crippen LogP contribution in [0.25, 0.3) is 0 Å². The topological polar surface area (TPSA) is 111 Å². The van der Waals surface area contributed by atoms with E-state index in [0.717, 1.165) is 25.7 Å². The lowest BCUT2D eigenvalue weighted by atomic mass is 9.94. The zero-order chi connectivity index (χ0) is 18.4. The van der Waals surface area contributed by atoms with Crippen LogP contribution >= 0.6 is 0 Å². The zero-order valence-corrected chi connectivity index (χ0v) is 14.8. The van der Waals surface area contributed by atoms with Crippen molar-refractivity contribution in [1.82, 2.24) is 4.90 Å². The summed E-state index contributed by atoms with van der Waals surface area (Å²) in [6, 6.07) is 7.39. The molecule has 1 fully saturated rings.